The lowest BCUT2D eigenvalue weighted by atomic mass is 10.2. The number of nitrogens with one attached hydrogen (secondary N) is 1. The van der Waals surface area contributed by atoms with Crippen LogP contribution in [0.5, 0.6) is 0 Å². The molecule has 3 rings (SSSR count). The second-order valence-corrected chi connectivity index (χ2v) is 9.10. The van der Waals surface area contributed by atoms with Gasteiger partial charge in [0, 0.05) is 55.0 Å². The number of amides is 3. The van der Waals surface area contributed by atoms with Gasteiger partial charge in [-0.05, 0) is 24.1 Å². The van der Waals surface area contributed by atoms with Crippen molar-refractivity contribution in [2.24, 2.45) is 0 Å². The fourth-order valence-electron chi connectivity index (χ4n) is 3.34. The molecule has 160 valence electrons. The molecule has 6 nitrogen and oxygen atoms in total. The first-order valence-electron chi connectivity index (χ1n) is 10.00. The lowest BCUT2D eigenvalue weighted by Gasteiger charge is -2.22. The van der Waals surface area contributed by atoms with Gasteiger partial charge in [0.2, 0.25) is 0 Å². The Bertz CT molecular complexity index is 894. The van der Waals surface area contributed by atoms with E-state index >= 15 is 0 Å². The molecule has 0 radical (unpaired) electrons. The van der Waals surface area contributed by atoms with E-state index in [-0.39, 0.29) is 11.9 Å². The largest absolute Gasteiger partial charge is 0.337 e. The Hall–Kier alpha value is -2.38. The minimum absolute atomic E-state index is 0.112. The van der Waals surface area contributed by atoms with E-state index < -0.39 is 10.8 Å². The second kappa shape index (κ2) is 11.1. The second-order valence-electron chi connectivity index (χ2n) is 7.12. The number of nitrogens with zero attached hydrogens (tertiary/aromatic N) is 2. The van der Waals surface area contributed by atoms with Crippen LogP contribution < -0.4 is 5.32 Å². The molecule has 8 heteroatoms. The van der Waals surface area contributed by atoms with Gasteiger partial charge in [-0.25, -0.2) is 4.79 Å². The molecule has 1 aliphatic rings. The summed E-state index contributed by atoms with van der Waals surface area (Å²) in [7, 11) is -1.03. The first kappa shape index (κ1) is 22.3. The average molecular weight is 448 g/mol. The molecule has 0 saturated carbocycles. The normalized spacial score (nSPS) is 15.4. The Labute approximate surface area is 184 Å². The maximum absolute atomic E-state index is 12.7. The van der Waals surface area contributed by atoms with Crippen molar-refractivity contribution in [3.05, 3.63) is 70.7 Å². The molecule has 1 unspecified atom stereocenters. The van der Waals surface area contributed by atoms with Gasteiger partial charge < -0.3 is 15.1 Å². The van der Waals surface area contributed by atoms with E-state index in [0.29, 0.717) is 61.2 Å². The fraction of sp³-hybridized carbons (Fsp3) is 0.364. The molecule has 0 spiro atoms. The van der Waals surface area contributed by atoms with Crippen molar-refractivity contribution in [2.75, 3.05) is 38.5 Å². The summed E-state index contributed by atoms with van der Waals surface area (Å²) in [5.74, 6) is 0.782. The number of benzene rings is 2. The van der Waals surface area contributed by atoms with Crippen molar-refractivity contribution >= 4 is 34.3 Å². The molecule has 1 N–H and O–H groups in total. The number of halogens is 1. The lowest BCUT2D eigenvalue weighted by molar-refractivity contribution is 0.0762. The summed E-state index contributed by atoms with van der Waals surface area (Å²) in [4.78, 5) is 28.7. The van der Waals surface area contributed by atoms with Gasteiger partial charge in [0.25, 0.3) is 5.91 Å². The lowest BCUT2D eigenvalue weighted by Crippen LogP contribution is -2.43. The molecule has 0 aromatic heterocycles. The number of hydrogen-bond acceptors (Lipinski definition) is 3. The molecule has 2 aromatic rings. The van der Waals surface area contributed by atoms with E-state index in [1.54, 1.807) is 34.1 Å². The third-order valence-corrected chi connectivity index (χ3v) is 6.60. The Kier molecular flexibility index (Phi) is 8.28. The molecule has 0 aliphatic carbocycles. The van der Waals surface area contributed by atoms with Crippen molar-refractivity contribution in [2.45, 2.75) is 12.2 Å². The molecule has 2 aromatic carbocycles. The summed E-state index contributed by atoms with van der Waals surface area (Å²) < 4.78 is 12.2. The van der Waals surface area contributed by atoms with E-state index in [1.807, 2.05) is 30.3 Å². The maximum atomic E-state index is 12.7. The van der Waals surface area contributed by atoms with Crippen LogP contribution in [0.25, 0.3) is 0 Å². The van der Waals surface area contributed by atoms with Crippen LogP contribution in [0.3, 0.4) is 0 Å². The number of carbonyl (C=O) groups is 2. The van der Waals surface area contributed by atoms with Gasteiger partial charge in [0.05, 0.1) is 10.6 Å². The summed E-state index contributed by atoms with van der Waals surface area (Å²) >= 11 is 6.15. The SMILES string of the molecule is O=C(NCCS(=O)Cc1ccccc1)N1CCCN(C(=O)c2ccccc2Cl)CC1. The molecule has 1 aliphatic heterocycles. The Morgan fingerprint density at radius 2 is 1.60 bits per heavy atom. The zero-order valence-corrected chi connectivity index (χ0v) is 18.3. The molecule has 1 fully saturated rings. The van der Waals surface area contributed by atoms with E-state index in [9.17, 15) is 13.8 Å². The van der Waals surface area contributed by atoms with Gasteiger partial charge in [-0.1, -0.05) is 54.1 Å². The van der Waals surface area contributed by atoms with Crippen LogP contribution in [0, 0.1) is 0 Å². The van der Waals surface area contributed by atoms with Crippen LogP contribution in [0.2, 0.25) is 5.02 Å². The molecule has 1 atom stereocenters. The summed E-state index contributed by atoms with van der Waals surface area (Å²) in [5.41, 5.74) is 1.51. The van der Waals surface area contributed by atoms with Gasteiger partial charge in [-0.2, -0.15) is 0 Å². The van der Waals surface area contributed by atoms with E-state index in [1.165, 1.54) is 0 Å². The van der Waals surface area contributed by atoms with Crippen LogP contribution in [0.15, 0.2) is 54.6 Å². The zero-order chi connectivity index (χ0) is 21.3. The van der Waals surface area contributed by atoms with Crippen molar-refractivity contribution < 1.29 is 13.8 Å². The van der Waals surface area contributed by atoms with Gasteiger partial charge >= 0.3 is 6.03 Å². The maximum Gasteiger partial charge on any atom is 0.317 e. The Balaban J connectivity index is 1.43. The van der Waals surface area contributed by atoms with Crippen molar-refractivity contribution in [1.82, 2.24) is 15.1 Å². The van der Waals surface area contributed by atoms with Crippen molar-refractivity contribution in [1.29, 1.82) is 0 Å². The van der Waals surface area contributed by atoms with Crippen LogP contribution >= 0.6 is 11.6 Å². The zero-order valence-electron chi connectivity index (χ0n) is 16.8. The minimum atomic E-state index is -1.03. The van der Waals surface area contributed by atoms with Crippen molar-refractivity contribution in [3.63, 3.8) is 0 Å². The molecular weight excluding hydrogens is 422 g/mol. The number of hydrogen-bond donors (Lipinski definition) is 1. The number of carbonyl (C=O) groups excluding carboxylic acids is 2. The first-order chi connectivity index (χ1) is 14.5. The topological polar surface area (TPSA) is 69.7 Å². The summed E-state index contributed by atoms with van der Waals surface area (Å²) in [6.45, 7) is 2.42. The monoisotopic (exact) mass is 447 g/mol. The van der Waals surface area contributed by atoms with E-state index in [2.05, 4.69) is 5.32 Å². The Morgan fingerprint density at radius 1 is 0.933 bits per heavy atom. The summed E-state index contributed by atoms with van der Waals surface area (Å²) in [6, 6.07) is 16.5. The van der Waals surface area contributed by atoms with Crippen molar-refractivity contribution in [3.8, 4) is 0 Å². The Morgan fingerprint density at radius 3 is 2.37 bits per heavy atom. The molecule has 3 amide bonds. The molecule has 0 bridgehead atoms. The molecule has 1 saturated heterocycles. The minimum Gasteiger partial charge on any atom is -0.337 e. The van der Waals surface area contributed by atoms with Crippen LogP contribution in [0.4, 0.5) is 4.79 Å². The van der Waals surface area contributed by atoms with Gasteiger partial charge in [-0.3, -0.25) is 9.00 Å². The smallest absolute Gasteiger partial charge is 0.317 e. The third-order valence-electron chi connectivity index (χ3n) is 4.95. The fourth-order valence-corrected chi connectivity index (χ4v) is 4.60. The molecule has 1 heterocycles. The average Bonchev–Trinajstić information content (AvgIpc) is 3.01. The van der Waals surface area contributed by atoms with E-state index in [0.717, 1.165) is 5.56 Å². The third kappa shape index (κ3) is 6.31. The van der Waals surface area contributed by atoms with Crippen LogP contribution in [0.1, 0.15) is 22.3 Å². The highest BCUT2D eigenvalue weighted by molar-refractivity contribution is 7.84. The number of urea groups is 1. The van der Waals surface area contributed by atoms with Gasteiger partial charge in [0.1, 0.15) is 0 Å². The molecular formula is C22H26ClN3O3S. The quantitative estimate of drug-likeness (QED) is 0.739. The van der Waals surface area contributed by atoms with E-state index in [4.69, 9.17) is 11.6 Å². The van der Waals surface area contributed by atoms with Crippen LogP contribution in [-0.4, -0.2) is 64.4 Å². The predicted octanol–water partition coefficient (Wildman–Crippen LogP) is 3.15. The van der Waals surface area contributed by atoms with Crippen LogP contribution in [-0.2, 0) is 16.6 Å². The number of rotatable bonds is 6. The summed E-state index contributed by atoms with van der Waals surface area (Å²) in [6.07, 6.45) is 0.698. The molecule has 30 heavy (non-hydrogen) atoms. The van der Waals surface area contributed by atoms with Gasteiger partial charge in [0.15, 0.2) is 0 Å². The first-order valence-corrected chi connectivity index (χ1v) is 11.9. The predicted molar refractivity (Wildman–Crippen MR) is 120 cm³/mol. The highest BCUT2D eigenvalue weighted by atomic mass is 35.5. The highest BCUT2D eigenvalue weighted by Gasteiger charge is 2.23. The van der Waals surface area contributed by atoms with Gasteiger partial charge in [-0.15, -0.1) is 0 Å². The summed E-state index contributed by atoms with van der Waals surface area (Å²) in [5, 5.41) is 3.29. The standard InChI is InChI=1S/C22H26ClN3O3S/c23-20-10-5-4-9-19(20)21(27)25-12-6-13-26(15-14-25)22(28)24-11-16-30(29)17-18-7-2-1-3-8-18/h1-5,7-10H,6,11-17H2,(H,24,28). The highest BCUT2D eigenvalue weighted by Crippen LogP contribution is 2.18.